The molecule has 4 rings (SSSR count). The summed E-state index contributed by atoms with van der Waals surface area (Å²) in [5, 5.41) is 0. The van der Waals surface area contributed by atoms with Crippen LogP contribution in [0.4, 0.5) is 5.95 Å². The Bertz CT molecular complexity index is 651. The van der Waals surface area contributed by atoms with E-state index >= 15 is 0 Å². The lowest BCUT2D eigenvalue weighted by molar-refractivity contribution is 0.616. The topological polar surface area (TPSA) is 21.1 Å². The SMILES string of the molecule is CN1c2nc3ccccc3n2C2C=CC=CC21. The van der Waals surface area contributed by atoms with E-state index in [-0.39, 0.29) is 0 Å². The Balaban J connectivity index is 2.03. The lowest BCUT2D eigenvalue weighted by Crippen LogP contribution is -2.29. The summed E-state index contributed by atoms with van der Waals surface area (Å²) in [5.74, 6) is 1.07. The Labute approximate surface area is 99.7 Å². The van der Waals surface area contributed by atoms with E-state index < -0.39 is 0 Å². The summed E-state index contributed by atoms with van der Waals surface area (Å²) in [6.07, 6.45) is 8.74. The molecule has 1 aliphatic heterocycles. The second kappa shape index (κ2) is 3.00. The van der Waals surface area contributed by atoms with Crippen LogP contribution in [-0.2, 0) is 0 Å². The van der Waals surface area contributed by atoms with Crippen molar-refractivity contribution < 1.29 is 0 Å². The summed E-state index contributed by atoms with van der Waals surface area (Å²) in [6, 6.07) is 9.13. The molecule has 0 spiro atoms. The predicted molar refractivity (Wildman–Crippen MR) is 69.2 cm³/mol. The van der Waals surface area contributed by atoms with Gasteiger partial charge in [-0.25, -0.2) is 4.98 Å². The number of allylic oxidation sites excluding steroid dienone is 2. The van der Waals surface area contributed by atoms with Gasteiger partial charge < -0.3 is 9.47 Å². The molecule has 1 aliphatic carbocycles. The average Bonchev–Trinajstić information content (AvgIpc) is 2.88. The molecular weight excluding hydrogens is 210 g/mol. The molecule has 0 bridgehead atoms. The molecule has 0 radical (unpaired) electrons. The molecule has 1 aromatic heterocycles. The molecule has 2 atom stereocenters. The van der Waals surface area contributed by atoms with E-state index in [1.54, 1.807) is 0 Å². The number of benzene rings is 1. The van der Waals surface area contributed by atoms with Crippen molar-refractivity contribution in [3.8, 4) is 0 Å². The van der Waals surface area contributed by atoms with Crippen LogP contribution in [0, 0.1) is 0 Å². The number of nitrogens with zero attached hydrogens (tertiary/aromatic N) is 3. The third-order valence-electron chi connectivity index (χ3n) is 3.72. The Morgan fingerprint density at radius 3 is 2.71 bits per heavy atom. The lowest BCUT2D eigenvalue weighted by Gasteiger charge is -2.22. The van der Waals surface area contributed by atoms with Crippen LogP contribution >= 0.6 is 0 Å². The van der Waals surface area contributed by atoms with Crippen molar-refractivity contribution in [1.29, 1.82) is 0 Å². The summed E-state index contributed by atoms with van der Waals surface area (Å²) in [7, 11) is 2.12. The van der Waals surface area contributed by atoms with Gasteiger partial charge in [-0.1, -0.05) is 36.4 Å². The smallest absolute Gasteiger partial charge is 0.207 e. The second-order valence-corrected chi connectivity index (χ2v) is 4.63. The van der Waals surface area contributed by atoms with Crippen LogP contribution in [0.1, 0.15) is 6.04 Å². The van der Waals surface area contributed by atoms with Crippen molar-refractivity contribution in [2.45, 2.75) is 12.1 Å². The fourth-order valence-electron chi connectivity index (χ4n) is 2.89. The zero-order valence-electron chi connectivity index (χ0n) is 9.62. The summed E-state index contributed by atoms with van der Waals surface area (Å²) < 4.78 is 2.33. The molecule has 0 amide bonds. The minimum Gasteiger partial charge on any atom is -0.336 e. The van der Waals surface area contributed by atoms with E-state index in [1.807, 2.05) is 6.07 Å². The molecule has 0 saturated carbocycles. The molecule has 0 N–H and O–H groups in total. The molecule has 2 aliphatic rings. The molecule has 2 aromatic rings. The highest BCUT2D eigenvalue weighted by Crippen LogP contribution is 2.39. The summed E-state index contributed by atoms with van der Waals surface area (Å²) >= 11 is 0. The highest BCUT2D eigenvalue weighted by molar-refractivity contribution is 5.80. The number of rotatable bonds is 0. The minimum atomic E-state index is 0.382. The first-order valence-corrected chi connectivity index (χ1v) is 5.91. The van der Waals surface area contributed by atoms with Gasteiger partial charge in [-0.05, 0) is 12.1 Å². The Kier molecular flexibility index (Phi) is 1.60. The molecule has 3 heteroatoms. The Morgan fingerprint density at radius 2 is 1.82 bits per heavy atom. The average molecular weight is 223 g/mol. The zero-order valence-corrected chi connectivity index (χ0v) is 9.62. The van der Waals surface area contributed by atoms with Crippen LogP contribution in [-0.4, -0.2) is 22.6 Å². The standard InChI is InChI=1S/C14H13N3/c1-16-12-8-4-5-9-13(12)17-11-7-3-2-6-10(11)15-14(16)17/h2-9,12-13H,1H3. The van der Waals surface area contributed by atoms with Gasteiger partial charge in [-0.3, -0.25) is 0 Å². The lowest BCUT2D eigenvalue weighted by atomic mass is 10.0. The van der Waals surface area contributed by atoms with Gasteiger partial charge in [0.25, 0.3) is 0 Å². The van der Waals surface area contributed by atoms with Crippen molar-refractivity contribution in [1.82, 2.24) is 9.55 Å². The van der Waals surface area contributed by atoms with Gasteiger partial charge >= 0.3 is 0 Å². The van der Waals surface area contributed by atoms with Gasteiger partial charge in [0.1, 0.15) is 0 Å². The third-order valence-corrected chi connectivity index (χ3v) is 3.72. The molecule has 2 heterocycles. The van der Waals surface area contributed by atoms with E-state index in [2.05, 4.69) is 59.0 Å². The van der Waals surface area contributed by atoms with Crippen molar-refractivity contribution in [2.24, 2.45) is 0 Å². The summed E-state index contributed by atoms with van der Waals surface area (Å²) in [4.78, 5) is 6.97. The highest BCUT2D eigenvalue weighted by atomic mass is 15.4. The van der Waals surface area contributed by atoms with Gasteiger partial charge in [-0.2, -0.15) is 0 Å². The van der Waals surface area contributed by atoms with E-state index in [9.17, 15) is 0 Å². The number of anilines is 1. The van der Waals surface area contributed by atoms with Gasteiger partial charge in [0.2, 0.25) is 5.95 Å². The fourth-order valence-corrected chi connectivity index (χ4v) is 2.89. The van der Waals surface area contributed by atoms with Crippen LogP contribution in [0.25, 0.3) is 11.0 Å². The fraction of sp³-hybridized carbons (Fsp3) is 0.214. The highest BCUT2D eigenvalue weighted by Gasteiger charge is 2.36. The normalized spacial score (nSPS) is 25.4. The van der Waals surface area contributed by atoms with E-state index in [4.69, 9.17) is 4.98 Å². The van der Waals surface area contributed by atoms with Crippen LogP contribution < -0.4 is 4.90 Å². The molecule has 17 heavy (non-hydrogen) atoms. The first-order valence-electron chi connectivity index (χ1n) is 5.91. The number of imidazole rings is 1. The van der Waals surface area contributed by atoms with Gasteiger partial charge in [0.15, 0.2) is 0 Å². The summed E-state index contributed by atoms with van der Waals surface area (Å²) in [6.45, 7) is 0. The Morgan fingerprint density at radius 1 is 1.06 bits per heavy atom. The third kappa shape index (κ3) is 1.04. The number of hydrogen-bond acceptors (Lipinski definition) is 2. The van der Waals surface area contributed by atoms with E-state index in [0.717, 1.165) is 11.5 Å². The largest absolute Gasteiger partial charge is 0.336 e. The molecule has 1 aromatic carbocycles. The van der Waals surface area contributed by atoms with Crippen LogP contribution in [0.2, 0.25) is 0 Å². The van der Waals surface area contributed by atoms with E-state index in [0.29, 0.717) is 12.1 Å². The Hall–Kier alpha value is -2.03. The number of para-hydroxylation sites is 2. The van der Waals surface area contributed by atoms with Crippen LogP contribution in [0.3, 0.4) is 0 Å². The first kappa shape index (κ1) is 9.05. The van der Waals surface area contributed by atoms with Gasteiger partial charge in [0.05, 0.1) is 23.1 Å². The van der Waals surface area contributed by atoms with Gasteiger partial charge in [-0.15, -0.1) is 0 Å². The first-order chi connectivity index (χ1) is 8.36. The van der Waals surface area contributed by atoms with Crippen molar-refractivity contribution in [2.75, 3.05) is 11.9 Å². The molecule has 3 nitrogen and oxygen atoms in total. The van der Waals surface area contributed by atoms with Gasteiger partial charge in [0, 0.05) is 7.05 Å². The number of hydrogen-bond donors (Lipinski definition) is 0. The number of likely N-dealkylation sites (N-methyl/N-ethyl adjacent to an activating group) is 1. The maximum Gasteiger partial charge on any atom is 0.207 e. The molecule has 0 saturated heterocycles. The number of aromatic nitrogens is 2. The number of fused-ring (bicyclic) bond motifs is 5. The maximum atomic E-state index is 4.72. The van der Waals surface area contributed by atoms with Crippen molar-refractivity contribution in [3.63, 3.8) is 0 Å². The second-order valence-electron chi connectivity index (χ2n) is 4.63. The monoisotopic (exact) mass is 223 g/mol. The van der Waals surface area contributed by atoms with E-state index in [1.165, 1.54) is 5.52 Å². The minimum absolute atomic E-state index is 0.382. The molecule has 0 fully saturated rings. The quantitative estimate of drug-likeness (QED) is 0.684. The van der Waals surface area contributed by atoms with Crippen LogP contribution in [0.5, 0.6) is 0 Å². The van der Waals surface area contributed by atoms with Crippen molar-refractivity contribution >= 4 is 17.0 Å². The molecule has 2 unspecified atom stereocenters. The van der Waals surface area contributed by atoms with Crippen LogP contribution in [0.15, 0.2) is 48.6 Å². The maximum absolute atomic E-state index is 4.72. The molecular formula is C14H13N3. The zero-order chi connectivity index (χ0) is 11.4. The summed E-state index contributed by atoms with van der Waals surface area (Å²) in [5.41, 5.74) is 2.30. The molecule has 84 valence electrons. The predicted octanol–water partition coefficient (Wildman–Crippen LogP) is 2.52. The van der Waals surface area contributed by atoms with Crippen molar-refractivity contribution in [3.05, 3.63) is 48.6 Å².